The number of carbonyl (C=O) groups is 2. The summed E-state index contributed by atoms with van der Waals surface area (Å²) >= 11 is 0. The molecule has 3 N–H and O–H groups in total. The number of carboxylic acid groups (broad SMARTS) is 1. The number of urea groups is 1. The Morgan fingerprint density at radius 1 is 1.19 bits per heavy atom. The van der Waals surface area contributed by atoms with Crippen molar-refractivity contribution in [2.45, 2.75) is 13.3 Å². The SMILES string of the molecule is CCCS(=O)(=O)CCNC(=O)NCC(=O)O. The fraction of sp³-hybridized carbons (Fsp3) is 0.750. The van der Waals surface area contributed by atoms with Crippen LogP contribution in [0.2, 0.25) is 0 Å². The predicted octanol–water partition coefficient (Wildman–Crippen LogP) is -0.805. The summed E-state index contributed by atoms with van der Waals surface area (Å²) in [7, 11) is -3.12. The van der Waals surface area contributed by atoms with E-state index >= 15 is 0 Å². The number of hydrogen-bond donors (Lipinski definition) is 3. The first-order valence-electron chi connectivity index (χ1n) is 4.81. The number of sulfone groups is 1. The third kappa shape index (κ3) is 8.04. The number of hydrogen-bond acceptors (Lipinski definition) is 4. The van der Waals surface area contributed by atoms with E-state index in [0.717, 1.165) is 0 Å². The van der Waals surface area contributed by atoms with Crippen LogP contribution in [0.1, 0.15) is 13.3 Å². The van der Waals surface area contributed by atoms with Crippen LogP contribution >= 0.6 is 0 Å². The van der Waals surface area contributed by atoms with E-state index in [4.69, 9.17) is 5.11 Å². The second-order valence-electron chi connectivity index (χ2n) is 3.16. The zero-order valence-corrected chi connectivity index (χ0v) is 9.84. The number of amides is 2. The summed E-state index contributed by atoms with van der Waals surface area (Å²) < 4.78 is 22.4. The van der Waals surface area contributed by atoms with Gasteiger partial charge in [0.05, 0.1) is 5.75 Å². The Hall–Kier alpha value is -1.31. The van der Waals surface area contributed by atoms with E-state index in [-0.39, 0.29) is 18.1 Å². The molecule has 0 aromatic rings. The molecular formula is C8H16N2O5S. The number of aliphatic carboxylic acids is 1. The molecule has 0 aliphatic rings. The Morgan fingerprint density at radius 3 is 2.31 bits per heavy atom. The van der Waals surface area contributed by atoms with Crippen molar-refractivity contribution in [3.05, 3.63) is 0 Å². The quantitative estimate of drug-likeness (QED) is 0.549. The van der Waals surface area contributed by atoms with Gasteiger partial charge in [-0.15, -0.1) is 0 Å². The van der Waals surface area contributed by atoms with Crippen molar-refractivity contribution in [3.63, 3.8) is 0 Å². The smallest absolute Gasteiger partial charge is 0.323 e. The summed E-state index contributed by atoms with van der Waals surface area (Å²) in [4.78, 5) is 21.0. The summed E-state index contributed by atoms with van der Waals surface area (Å²) in [5.41, 5.74) is 0. The molecule has 0 bridgehead atoms. The molecule has 0 radical (unpaired) electrons. The van der Waals surface area contributed by atoms with Gasteiger partial charge in [-0.3, -0.25) is 4.79 Å². The van der Waals surface area contributed by atoms with E-state index in [2.05, 4.69) is 10.6 Å². The van der Waals surface area contributed by atoms with E-state index < -0.39 is 28.4 Å². The highest BCUT2D eigenvalue weighted by molar-refractivity contribution is 7.91. The summed E-state index contributed by atoms with van der Waals surface area (Å²) in [5, 5.41) is 12.6. The minimum absolute atomic E-state index is 0.0201. The molecule has 0 unspecified atom stereocenters. The Morgan fingerprint density at radius 2 is 1.81 bits per heavy atom. The van der Waals surface area contributed by atoms with E-state index in [1.165, 1.54) is 0 Å². The fourth-order valence-corrected chi connectivity index (χ4v) is 2.19. The van der Waals surface area contributed by atoms with Crippen LogP contribution in [0, 0.1) is 0 Å². The van der Waals surface area contributed by atoms with E-state index in [0.29, 0.717) is 6.42 Å². The third-order valence-corrected chi connectivity index (χ3v) is 3.47. The van der Waals surface area contributed by atoms with Crippen LogP contribution < -0.4 is 10.6 Å². The van der Waals surface area contributed by atoms with Crippen LogP contribution in [-0.2, 0) is 14.6 Å². The Kier molecular flexibility index (Phi) is 6.47. The minimum atomic E-state index is -3.12. The van der Waals surface area contributed by atoms with E-state index in [9.17, 15) is 18.0 Å². The zero-order chi connectivity index (χ0) is 12.6. The molecule has 0 atom stereocenters. The number of carbonyl (C=O) groups excluding carboxylic acids is 1. The monoisotopic (exact) mass is 252 g/mol. The van der Waals surface area contributed by atoms with Gasteiger partial charge in [-0.2, -0.15) is 0 Å². The molecule has 0 fully saturated rings. The van der Waals surface area contributed by atoms with Crippen LogP contribution in [0.4, 0.5) is 4.79 Å². The highest BCUT2D eigenvalue weighted by Crippen LogP contribution is 1.91. The molecule has 0 spiro atoms. The second kappa shape index (κ2) is 7.04. The molecule has 16 heavy (non-hydrogen) atoms. The molecule has 0 aromatic heterocycles. The summed E-state index contributed by atoms with van der Waals surface area (Å²) in [6, 6.07) is -0.686. The lowest BCUT2D eigenvalue weighted by atomic mass is 10.6. The molecule has 0 saturated heterocycles. The van der Waals surface area contributed by atoms with Gasteiger partial charge in [0, 0.05) is 12.3 Å². The molecule has 94 valence electrons. The van der Waals surface area contributed by atoms with Gasteiger partial charge in [-0.25, -0.2) is 13.2 Å². The molecule has 0 aliphatic carbocycles. The maximum Gasteiger partial charge on any atom is 0.323 e. The lowest BCUT2D eigenvalue weighted by molar-refractivity contribution is -0.135. The first-order chi connectivity index (χ1) is 7.37. The molecule has 0 heterocycles. The van der Waals surface area contributed by atoms with Crippen LogP contribution in [0.25, 0.3) is 0 Å². The lowest BCUT2D eigenvalue weighted by Crippen LogP contribution is -2.40. The second-order valence-corrected chi connectivity index (χ2v) is 5.46. The highest BCUT2D eigenvalue weighted by atomic mass is 32.2. The molecular weight excluding hydrogens is 236 g/mol. The topological polar surface area (TPSA) is 113 Å². The number of carboxylic acids is 1. The molecule has 0 aliphatic heterocycles. The highest BCUT2D eigenvalue weighted by Gasteiger charge is 2.09. The van der Waals surface area contributed by atoms with Crippen molar-refractivity contribution < 1.29 is 23.1 Å². The molecule has 0 saturated carbocycles. The number of nitrogens with one attached hydrogen (secondary N) is 2. The van der Waals surface area contributed by atoms with Gasteiger partial charge in [0.1, 0.15) is 6.54 Å². The van der Waals surface area contributed by atoms with Gasteiger partial charge in [0.2, 0.25) is 0 Å². The van der Waals surface area contributed by atoms with Crippen LogP contribution in [0.5, 0.6) is 0 Å². The summed E-state index contributed by atoms with van der Waals surface area (Å²) in [6.45, 7) is 1.24. The van der Waals surface area contributed by atoms with Gasteiger partial charge in [-0.05, 0) is 6.42 Å². The van der Waals surface area contributed by atoms with E-state index in [1.54, 1.807) is 6.92 Å². The maximum atomic E-state index is 11.2. The molecule has 2 amide bonds. The molecule has 0 aromatic carbocycles. The lowest BCUT2D eigenvalue weighted by Gasteiger charge is -2.06. The van der Waals surface area contributed by atoms with Gasteiger partial charge in [-0.1, -0.05) is 6.92 Å². The van der Waals surface area contributed by atoms with Crippen molar-refractivity contribution in [3.8, 4) is 0 Å². The summed E-state index contributed by atoms with van der Waals surface area (Å²) in [6.07, 6.45) is 0.535. The first-order valence-corrected chi connectivity index (χ1v) is 6.63. The molecule has 7 nitrogen and oxygen atoms in total. The average Bonchev–Trinajstić information content (AvgIpc) is 2.14. The van der Waals surface area contributed by atoms with Gasteiger partial charge >= 0.3 is 12.0 Å². The normalized spacial score (nSPS) is 10.8. The number of rotatable bonds is 7. The van der Waals surface area contributed by atoms with Crippen molar-refractivity contribution >= 4 is 21.8 Å². The molecule has 0 rings (SSSR count). The van der Waals surface area contributed by atoms with Crippen LogP contribution in [0.3, 0.4) is 0 Å². The van der Waals surface area contributed by atoms with Crippen LogP contribution in [0.15, 0.2) is 0 Å². The zero-order valence-electron chi connectivity index (χ0n) is 9.02. The predicted molar refractivity (Wildman–Crippen MR) is 58.0 cm³/mol. The van der Waals surface area contributed by atoms with E-state index in [1.807, 2.05) is 0 Å². The van der Waals surface area contributed by atoms with Gasteiger partial charge < -0.3 is 15.7 Å². The van der Waals surface area contributed by atoms with Gasteiger partial charge in [0.25, 0.3) is 0 Å². The van der Waals surface area contributed by atoms with Crippen molar-refractivity contribution in [2.75, 3.05) is 24.6 Å². The first kappa shape index (κ1) is 14.7. The largest absolute Gasteiger partial charge is 0.480 e. The Balaban J connectivity index is 3.74. The van der Waals surface area contributed by atoms with Crippen molar-refractivity contribution in [1.29, 1.82) is 0 Å². The standard InChI is InChI=1S/C8H16N2O5S/c1-2-4-16(14,15)5-3-9-8(13)10-6-7(11)12/h2-6H2,1H3,(H,11,12)(H2,9,10,13). The maximum absolute atomic E-state index is 11.2. The molecule has 8 heteroatoms. The third-order valence-electron chi connectivity index (χ3n) is 1.61. The minimum Gasteiger partial charge on any atom is -0.480 e. The fourth-order valence-electron chi connectivity index (χ4n) is 0.952. The van der Waals surface area contributed by atoms with Gasteiger partial charge in [0.15, 0.2) is 9.84 Å². The Bertz CT molecular complexity index is 338. The summed E-state index contributed by atoms with van der Waals surface area (Å²) in [5.74, 6) is -1.21. The average molecular weight is 252 g/mol. The van der Waals surface area contributed by atoms with Crippen LogP contribution in [-0.4, -0.2) is 50.1 Å². The van der Waals surface area contributed by atoms with Crippen molar-refractivity contribution in [2.24, 2.45) is 0 Å². The Labute approximate surface area is 94.1 Å². The van der Waals surface area contributed by atoms with Crippen molar-refractivity contribution in [1.82, 2.24) is 10.6 Å².